The maximum atomic E-state index is 13.6. The van der Waals surface area contributed by atoms with Crippen LogP contribution in [0.15, 0.2) is 54.7 Å². The molecule has 2 aromatic carbocycles. The fourth-order valence-electron chi connectivity index (χ4n) is 5.47. The van der Waals surface area contributed by atoms with Crippen molar-refractivity contribution in [2.75, 3.05) is 24.6 Å². The highest BCUT2D eigenvalue weighted by Crippen LogP contribution is 2.43. The summed E-state index contributed by atoms with van der Waals surface area (Å²) < 4.78 is 32.1. The minimum Gasteiger partial charge on any atom is -0.618 e. The van der Waals surface area contributed by atoms with Crippen LogP contribution in [0.5, 0.6) is 5.75 Å². The molecule has 0 unspecified atom stereocenters. The summed E-state index contributed by atoms with van der Waals surface area (Å²) in [6.45, 7) is 17.6. The first-order valence-electron chi connectivity index (χ1n) is 15.5. The van der Waals surface area contributed by atoms with Crippen molar-refractivity contribution in [3.05, 3.63) is 82.6 Å². The van der Waals surface area contributed by atoms with E-state index in [0.717, 1.165) is 53.0 Å². The third kappa shape index (κ3) is 8.50. The van der Waals surface area contributed by atoms with Gasteiger partial charge in [0.25, 0.3) is 0 Å². The number of nitrogens with zero attached hydrogens (tertiary/aromatic N) is 2. The summed E-state index contributed by atoms with van der Waals surface area (Å²) in [5.74, 6) is -0.0895. The van der Waals surface area contributed by atoms with E-state index in [1.165, 1.54) is 18.3 Å². The molecule has 44 heavy (non-hydrogen) atoms. The molecule has 1 atom stereocenters. The molecule has 238 valence electrons. The first-order valence-corrected chi connectivity index (χ1v) is 15.5. The number of benzene rings is 2. The summed E-state index contributed by atoms with van der Waals surface area (Å²) in [6, 6.07) is 14.1. The molecule has 0 radical (unpaired) electrons. The lowest BCUT2D eigenvalue weighted by molar-refractivity contribution is -0.612. The second-order valence-corrected chi connectivity index (χ2v) is 13.7. The zero-order chi connectivity index (χ0) is 32.2. The Kier molecular flexibility index (Phi) is 10.2. The largest absolute Gasteiger partial charge is 0.618 e. The standard InChI is InChI=1S/C36H47FN2O5/c1-24(2)43-34(40)33(44-35(4,5)6)30-23-39(41)25(3)31(32(30)38-20-18-36(7,8)19-21-38)27-11-15-29(16-12-27)42-22-17-26-9-13-28(37)14-10-26/h9-16,23-24,33H,17-22H2,1-8H3/t33-/m0/s1. The lowest BCUT2D eigenvalue weighted by Gasteiger charge is -2.40. The Morgan fingerprint density at radius 2 is 1.66 bits per heavy atom. The van der Waals surface area contributed by atoms with E-state index in [4.69, 9.17) is 14.2 Å². The number of pyridine rings is 1. The molecule has 0 bridgehead atoms. The van der Waals surface area contributed by atoms with Crippen LogP contribution in [0.25, 0.3) is 11.1 Å². The Morgan fingerprint density at radius 3 is 2.23 bits per heavy atom. The van der Waals surface area contributed by atoms with Gasteiger partial charge in [-0.1, -0.05) is 38.1 Å². The molecule has 8 heteroatoms. The summed E-state index contributed by atoms with van der Waals surface area (Å²) in [5.41, 5.74) is 3.97. The van der Waals surface area contributed by atoms with Crippen molar-refractivity contribution in [1.82, 2.24) is 0 Å². The van der Waals surface area contributed by atoms with Gasteiger partial charge in [-0.05, 0) is 88.3 Å². The Labute approximate surface area is 261 Å². The number of rotatable bonds is 10. The first kappa shape index (κ1) is 33.2. The number of anilines is 1. The van der Waals surface area contributed by atoms with E-state index in [-0.39, 0.29) is 17.3 Å². The van der Waals surface area contributed by atoms with E-state index in [9.17, 15) is 14.4 Å². The van der Waals surface area contributed by atoms with Crippen molar-refractivity contribution in [3.8, 4) is 16.9 Å². The number of hydrogen-bond acceptors (Lipinski definition) is 6. The maximum Gasteiger partial charge on any atom is 0.340 e. The molecule has 1 aromatic heterocycles. The summed E-state index contributed by atoms with van der Waals surface area (Å²) in [4.78, 5) is 15.9. The molecule has 4 rings (SSSR count). The summed E-state index contributed by atoms with van der Waals surface area (Å²) in [5, 5.41) is 13.5. The van der Waals surface area contributed by atoms with Crippen molar-refractivity contribution in [3.63, 3.8) is 0 Å². The van der Waals surface area contributed by atoms with Crippen LogP contribution in [0, 0.1) is 23.4 Å². The minimum atomic E-state index is -1.09. The van der Waals surface area contributed by atoms with Crippen LogP contribution in [-0.2, 0) is 20.7 Å². The molecule has 7 nitrogen and oxygen atoms in total. The zero-order valence-corrected chi connectivity index (χ0v) is 27.4. The molecule has 2 heterocycles. The van der Waals surface area contributed by atoms with Crippen LogP contribution in [0.3, 0.4) is 0 Å². The van der Waals surface area contributed by atoms with Crippen LogP contribution in [0.4, 0.5) is 10.1 Å². The summed E-state index contributed by atoms with van der Waals surface area (Å²) in [7, 11) is 0. The highest BCUT2D eigenvalue weighted by atomic mass is 19.1. The van der Waals surface area contributed by atoms with Crippen LogP contribution in [0.2, 0.25) is 0 Å². The number of halogens is 1. The van der Waals surface area contributed by atoms with Gasteiger partial charge in [0.2, 0.25) is 0 Å². The van der Waals surface area contributed by atoms with E-state index in [1.807, 2.05) is 52.0 Å². The average Bonchev–Trinajstić information content (AvgIpc) is 2.94. The van der Waals surface area contributed by atoms with Gasteiger partial charge in [0.05, 0.1) is 35.1 Å². The Morgan fingerprint density at radius 1 is 1.05 bits per heavy atom. The second-order valence-electron chi connectivity index (χ2n) is 13.7. The van der Waals surface area contributed by atoms with Crippen molar-refractivity contribution >= 4 is 11.7 Å². The van der Waals surface area contributed by atoms with Crippen molar-refractivity contribution in [1.29, 1.82) is 0 Å². The third-order valence-corrected chi connectivity index (χ3v) is 7.93. The fraction of sp³-hybridized carbons (Fsp3) is 0.500. The number of carbonyl (C=O) groups is 1. The smallest absolute Gasteiger partial charge is 0.340 e. The van der Waals surface area contributed by atoms with Crippen LogP contribution >= 0.6 is 0 Å². The van der Waals surface area contributed by atoms with Crippen molar-refractivity contribution < 1.29 is 28.1 Å². The topological polar surface area (TPSA) is 74.9 Å². The lowest BCUT2D eigenvalue weighted by atomic mass is 9.82. The molecule has 0 aliphatic carbocycles. The number of esters is 1. The molecular weight excluding hydrogens is 559 g/mol. The number of carbonyl (C=O) groups excluding carboxylic acids is 1. The summed E-state index contributed by atoms with van der Waals surface area (Å²) >= 11 is 0. The lowest BCUT2D eigenvalue weighted by Crippen LogP contribution is -2.42. The molecule has 1 aliphatic rings. The van der Waals surface area contributed by atoms with Gasteiger partial charge >= 0.3 is 5.97 Å². The van der Waals surface area contributed by atoms with Gasteiger partial charge in [-0.2, -0.15) is 4.73 Å². The first-order chi connectivity index (χ1) is 20.6. The maximum absolute atomic E-state index is 13.6. The normalized spacial score (nSPS) is 15.7. The zero-order valence-electron chi connectivity index (χ0n) is 27.4. The third-order valence-electron chi connectivity index (χ3n) is 7.93. The average molecular weight is 607 g/mol. The number of piperidine rings is 1. The molecule has 3 aromatic rings. The van der Waals surface area contributed by atoms with E-state index >= 15 is 0 Å². The van der Waals surface area contributed by atoms with Crippen molar-refractivity contribution in [2.24, 2.45) is 5.41 Å². The van der Waals surface area contributed by atoms with Gasteiger partial charge < -0.3 is 24.3 Å². The Bertz CT molecular complexity index is 1420. The van der Waals surface area contributed by atoms with Crippen LogP contribution in [-0.4, -0.2) is 37.4 Å². The molecule has 0 saturated carbocycles. The highest BCUT2D eigenvalue weighted by molar-refractivity contribution is 5.87. The van der Waals surface area contributed by atoms with Gasteiger partial charge in [0.1, 0.15) is 11.6 Å². The highest BCUT2D eigenvalue weighted by Gasteiger charge is 2.38. The summed E-state index contributed by atoms with van der Waals surface area (Å²) in [6.07, 6.45) is 2.65. The van der Waals surface area contributed by atoms with E-state index in [2.05, 4.69) is 18.7 Å². The molecule has 0 amide bonds. The molecule has 1 aliphatic heterocycles. The second kappa shape index (κ2) is 13.6. The predicted octanol–water partition coefficient (Wildman–Crippen LogP) is 7.49. The molecule has 0 N–H and O–H groups in total. The number of hydrogen-bond donors (Lipinski definition) is 0. The van der Waals surface area contributed by atoms with Crippen LogP contribution in [0.1, 0.15) is 84.2 Å². The number of ether oxygens (including phenoxy) is 3. The molecule has 1 saturated heterocycles. The monoisotopic (exact) mass is 606 g/mol. The predicted molar refractivity (Wildman–Crippen MR) is 171 cm³/mol. The van der Waals surface area contributed by atoms with Crippen molar-refractivity contribution in [2.45, 2.75) is 92.5 Å². The fourth-order valence-corrected chi connectivity index (χ4v) is 5.47. The minimum absolute atomic E-state index is 0.198. The SMILES string of the molecule is Cc1c(-c2ccc(OCCc3ccc(F)cc3)cc2)c(N2CCC(C)(C)CC2)c([C@H](OC(C)(C)C)C(=O)OC(C)C)c[n+]1[O-]. The van der Waals surface area contributed by atoms with Gasteiger partial charge in [0, 0.05) is 26.4 Å². The van der Waals surface area contributed by atoms with Gasteiger partial charge in [-0.25, -0.2) is 9.18 Å². The van der Waals surface area contributed by atoms with Gasteiger partial charge in [-0.3, -0.25) is 0 Å². The number of aromatic nitrogens is 1. The molecule has 1 fully saturated rings. The van der Waals surface area contributed by atoms with Gasteiger partial charge in [0.15, 0.2) is 18.0 Å². The molecular formula is C36H47FN2O5. The Balaban J connectivity index is 1.75. The Hall–Kier alpha value is -3.65. The van der Waals surface area contributed by atoms with E-state index in [0.29, 0.717) is 30.0 Å². The van der Waals surface area contributed by atoms with Crippen LogP contribution < -0.4 is 14.4 Å². The molecule has 0 spiro atoms. The van der Waals surface area contributed by atoms with E-state index < -0.39 is 17.7 Å². The quantitative estimate of drug-likeness (QED) is 0.135. The van der Waals surface area contributed by atoms with Gasteiger partial charge in [-0.15, -0.1) is 0 Å². The van der Waals surface area contributed by atoms with E-state index in [1.54, 1.807) is 26.0 Å².